The van der Waals surface area contributed by atoms with Crippen LogP contribution < -0.4 is 0 Å². The average molecular weight is 183 g/mol. The molecule has 0 aromatic rings. The predicted molar refractivity (Wildman–Crippen MR) is 50.9 cm³/mol. The minimum Gasteiger partial charge on any atom is -0.396 e. The molecule has 0 amide bonds. The van der Waals surface area contributed by atoms with Crippen LogP contribution in [0, 0.1) is 0 Å². The molecule has 72 valence electrons. The van der Waals surface area contributed by atoms with E-state index in [0.717, 1.165) is 13.7 Å². The maximum absolute atomic E-state index is 8.76. The Morgan fingerprint density at radius 1 is 1.77 bits per heavy atom. The molecule has 1 N–H and O–H groups in total. The highest BCUT2D eigenvalue weighted by molar-refractivity contribution is 6.35. The second-order valence-corrected chi connectivity index (χ2v) is 3.23. The molecule has 0 spiro atoms. The monoisotopic (exact) mass is 183 g/mol. The number of hydrogen-bond donors (Lipinski definition) is 1. The minimum absolute atomic E-state index is 0.0819. The van der Waals surface area contributed by atoms with Gasteiger partial charge in [-0.2, -0.15) is 0 Å². The first-order valence-electron chi connectivity index (χ1n) is 4.62. The van der Waals surface area contributed by atoms with Crippen LogP contribution in [-0.4, -0.2) is 37.1 Å². The van der Waals surface area contributed by atoms with E-state index in [-0.39, 0.29) is 24.8 Å². The molecule has 6 heteroatoms. The second kappa shape index (κ2) is 5.12. The molecule has 1 rings (SSSR count). The van der Waals surface area contributed by atoms with Crippen molar-refractivity contribution in [2.45, 2.75) is 37.8 Å². The van der Waals surface area contributed by atoms with Crippen molar-refractivity contribution in [2.24, 2.45) is 5.11 Å². The molecule has 1 heterocycles. The van der Waals surface area contributed by atoms with Crippen LogP contribution in [0.2, 0.25) is 6.82 Å². The van der Waals surface area contributed by atoms with Crippen molar-refractivity contribution in [3.05, 3.63) is 10.4 Å². The molecule has 5 nitrogen and oxygen atoms in total. The molecule has 0 saturated carbocycles. The first-order valence-corrected chi connectivity index (χ1v) is 4.62. The van der Waals surface area contributed by atoms with E-state index in [2.05, 4.69) is 10.0 Å². The lowest BCUT2D eigenvalue weighted by Gasteiger charge is -2.12. The third kappa shape index (κ3) is 2.62. The van der Waals surface area contributed by atoms with Gasteiger partial charge in [0.25, 0.3) is 0 Å². The van der Waals surface area contributed by atoms with Crippen LogP contribution in [-0.2, 0) is 4.74 Å². The zero-order valence-electron chi connectivity index (χ0n) is 7.76. The van der Waals surface area contributed by atoms with Crippen molar-refractivity contribution in [3.63, 3.8) is 0 Å². The van der Waals surface area contributed by atoms with Gasteiger partial charge in [-0.15, -0.1) is 0 Å². The van der Waals surface area contributed by atoms with Crippen LogP contribution in [0.25, 0.3) is 10.4 Å². The summed E-state index contributed by atoms with van der Waals surface area (Å²) in [5.41, 5.74) is 8.31. The van der Waals surface area contributed by atoms with E-state index < -0.39 is 0 Å². The van der Waals surface area contributed by atoms with E-state index in [1.165, 1.54) is 0 Å². The molecule has 0 aromatic heterocycles. The molecule has 0 bridgehead atoms. The third-order valence-electron chi connectivity index (χ3n) is 2.37. The van der Waals surface area contributed by atoms with Crippen molar-refractivity contribution < 1.29 is 9.84 Å². The molecule has 1 aliphatic rings. The van der Waals surface area contributed by atoms with Gasteiger partial charge in [-0.1, -0.05) is 11.9 Å². The number of hydrogen-bond acceptors (Lipinski definition) is 3. The van der Waals surface area contributed by atoms with Crippen LogP contribution in [0.15, 0.2) is 5.11 Å². The Kier molecular flexibility index (Phi) is 4.08. The summed E-state index contributed by atoms with van der Waals surface area (Å²) in [6.07, 6.45) is 1.25. The molecule has 0 unspecified atom stereocenters. The predicted octanol–water partition coefficient (Wildman–Crippen LogP) is 0.647. The molecule has 3 atom stereocenters. The number of ether oxygens (including phenoxy) is 1. The number of azide groups is 1. The van der Waals surface area contributed by atoms with E-state index in [1.807, 2.05) is 6.82 Å². The van der Waals surface area contributed by atoms with Gasteiger partial charge in [0.15, 0.2) is 7.28 Å². The van der Waals surface area contributed by atoms with Crippen LogP contribution >= 0.6 is 0 Å². The smallest absolute Gasteiger partial charge is 0.154 e. The van der Waals surface area contributed by atoms with Gasteiger partial charge >= 0.3 is 0 Å². The Balaban J connectivity index is 2.53. The second-order valence-electron chi connectivity index (χ2n) is 3.23. The Bertz CT molecular complexity index is 208. The molecule has 1 fully saturated rings. The quantitative estimate of drug-likeness (QED) is 0.300. The largest absolute Gasteiger partial charge is 0.396 e. The Morgan fingerprint density at radius 2 is 2.54 bits per heavy atom. The summed E-state index contributed by atoms with van der Waals surface area (Å²) in [4.78, 5) is 2.78. The standard InChI is InChI=1S/C7H14BN3O2/c1-8-7-4-5(10-11-9)6(13-7)2-3-12/h5-8,12H,2-4H2,1H3/t5-,6-,7-/m1/s1. The minimum atomic E-state index is -0.0953. The zero-order chi connectivity index (χ0) is 9.68. The molecule has 1 saturated heterocycles. The molecule has 0 radical (unpaired) electrons. The number of nitrogens with zero attached hydrogens (tertiary/aromatic N) is 3. The van der Waals surface area contributed by atoms with E-state index in [9.17, 15) is 0 Å². The summed E-state index contributed by atoms with van der Waals surface area (Å²) >= 11 is 0. The fraction of sp³-hybridized carbons (Fsp3) is 1.00. The van der Waals surface area contributed by atoms with Crippen LogP contribution in [0.3, 0.4) is 0 Å². The third-order valence-corrected chi connectivity index (χ3v) is 2.37. The van der Waals surface area contributed by atoms with Gasteiger partial charge in [-0.25, -0.2) is 0 Å². The van der Waals surface area contributed by atoms with Crippen molar-refractivity contribution in [2.75, 3.05) is 6.61 Å². The zero-order valence-corrected chi connectivity index (χ0v) is 7.76. The van der Waals surface area contributed by atoms with E-state index in [0.29, 0.717) is 6.42 Å². The van der Waals surface area contributed by atoms with E-state index in [1.54, 1.807) is 0 Å². The Hall–Kier alpha value is -0.705. The van der Waals surface area contributed by atoms with Gasteiger partial charge in [0.2, 0.25) is 0 Å². The first kappa shape index (κ1) is 10.4. The lowest BCUT2D eigenvalue weighted by molar-refractivity contribution is 0.0614. The van der Waals surface area contributed by atoms with Gasteiger partial charge in [-0.3, -0.25) is 0 Å². The maximum Gasteiger partial charge on any atom is 0.154 e. The van der Waals surface area contributed by atoms with Gasteiger partial charge in [0.05, 0.1) is 12.1 Å². The van der Waals surface area contributed by atoms with Crippen LogP contribution in [0.1, 0.15) is 12.8 Å². The normalized spacial score (nSPS) is 32.6. The average Bonchev–Trinajstić information content (AvgIpc) is 2.50. The SMILES string of the molecule is CB[C@H]1C[C@@H](N=[N+]=[N-])[C@@H](CCO)O1. The highest BCUT2D eigenvalue weighted by atomic mass is 16.5. The fourth-order valence-electron chi connectivity index (χ4n) is 1.65. The lowest BCUT2D eigenvalue weighted by Crippen LogP contribution is -2.20. The highest BCUT2D eigenvalue weighted by Crippen LogP contribution is 2.24. The number of aliphatic hydroxyl groups excluding tert-OH is 1. The molecule has 0 aromatic carbocycles. The molecule has 1 aliphatic heterocycles. The van der Waals surface area contributed by atoms with Crippen LogP contribution in [0.4, 0.5) is 0 Å². The lowest BCUT2D eigenvalue weighted by atomic mass is 9.73. The summed E-state index contributed by atoms with van der Waals surface area (Å²) in [5, 5.41) is 12.4. The number of aliphatic hydroxyl groups is 1. The Morgan fingerprint density at radius 3 is 3.08 bits per heavy atom. The summed E-state index contributed by atoms with van der Waals surface area (Å²) in [7, 11) is 0.930. The molecule has 13 heavy (non-hydrogen) atoms. The van der Waals surface area contributed by atoms with Crippen molar-refractivity contribution in [1.29, 1.82) is 0 Å². The number of rotatable bonds is 4. The van der Waals surface area contributed by atoms with Crippen molar-refractivity contribution in [1.82, 2.24) is 0 Å². The van der Waals surface area contributed by atoms with E-state index in [4.69, 9.17) is 15.4 Å². The molecule has 0 aliphatic carbocycles. The van der Waals surface area contributed by atoms with Gasteiger partial charge in [-0.05, 0) is 18.4 Å². The van der Waals surface area contributed by atoms with Gasteiger partial charge in [0.1, 0.15) is 0 Å². The van der Waals surface area contributed by atoms with Crippen molar-refractivity contribution >= 4 is 7.28 Å². The molecular formula is C7H14BN3O2. The Labute approximate surface area is 78.0 Å². The topological polar surface area (TPSA) is 78.2 Å². The highest BCUT2D eigenvalue weighted by Gasteiger charge is 2.32. The van der Waals surface area contributed by atoms with Crippen molar-refractivity contribution in [3.8, 4) is 0 Å². The van der Waals surface area contributed by atoms with Gasteiger partial charge < -0.3 is 9.84 Å². The summed E-state index contributed by atoms with van der Waals surface area (Å²) < 4.78 is 5.59. The van der Waals surface area contributed by atoms with E-state index >= 15 is 0 Å². The van der Waals surface area contributed by atoms with Gasteiger partial charge in [0, 0.05) is 17.5 Å². The fourth-order valence-corrected chi connectivity index (χ4v) is 1.65. The molecular weight excluding hydrogens is 169 g/mol. The summed E-state index contributed by atoms with van der Waals surface area (Å²) in [6.45, 7) is 2.12. The van der Waals surface area contributed by atoms with Crippen LogP contribution in [0.5, 0.6) is 0 Å². The maximum atomic E-state index is 8.76. The first-order chi connectivity index (χ1) is 6.31. The summed E-state index contributed by atoms with van der Waals surface area (Å²) in [6, 6.07) is 0.0918. The summed E-state index contributed by atoms with van der Waals surface area (Å²) in [5.74, 6) is 0.